The molecule has 0 bridgehead atoms. The molecule has 0 unspecified atom stereocenters. The van der Waals surface area contributed by atoms with Crippen molar-refractivity contribution in [1.82, 2.24) is 10.2 Å². The second-order valence-corrected chi connectivity index (χ2v) is 12.5. The third-order valence-corrected chi connectivity index (χ3v) is 8.50. The number of hydrogen-bond acceptors (Lipinski definition) is 4. The van der Waals surface area contributed by atoms with E-state index in [9.17, 15) is 18.0 Å². The van der Waals surface area contributed by atoms with Gasteiger partial charge in [-0.1, -0.05) is 69.3 Å². The topological polar surface area (TPSA) is 86.8 Å². The lowest BCUT2D eigenvalue weighted by molar-refractivity contribution is -0.140. The van der Waals surface area contributed by atoms with E-state index in [2.05, 4.69) is 27.9 Å². The van der Waals surface area contributed by atoms with Crippen LogP contribution in [0, 0.1) is 9.49 Å². The maximum atomic E-state index is 14.0. The molecule has 0 aliphatic heterocycles. The van der Waals surface area contributed by atoms with Gasteiger partial charge in [-0.15, -0.1) is 0 Å². The van der Waals surface area contributed by atoms with Crippen LogP contribution in [0.15, 0.2) is 89.8 Å². The second kappa shape index (κ2) is 13.7. The van der Waals surface area contributed by atoms with E-state index in [-0.39, 0.29) is 23.3 Å². The molecule has 0 spiro atoms. The molecule has 3 aromatic rings. The molecule has 3 aromatic carbocycles. The molecule has 0 saturated heterocycles. The monoisotopic (exact) mass is 647 g/mol. The van der Waals surface area contributed by atoms with Crippen LogP contribution in [0.1, 0.15) is 32.8 Å². The Labute approximate surface area is 239 Å². The van der Waals surface area contributed by atoms with Gasteiger partial charge in [-0.2, -0.15) is 0 Å². The van der Waals surface area contributed by atoms with Crippen LogP contribution in [0.5, 0.6) is 0 Å². The van der Waals surface area contributed by atoms with E-state index < -0.39 is 28.5 Å². The molecule has 1 N–H and O–H groups in total. The smallest absolute Gasteiger partial charge is 0.264 e. The van der Waals surface area contributed by atoms with Crippen molar-refractivity contribution >= 4 is 50.1 Å². The van der Waals surface area contributed by atoms with E-state index in [0.29, 0.717) is 18.7 Å². The van der Waals surface area contributed by atoms with Gasteiger partial charge in [0.25, 0.3) is 10.0 Å². The van der Waals surface area contributed by atoms with Gasteiger partial charge < -0.3 is 10.2 Å². The summed E-state index contributed by atoms with van der Waals surface area (Å²) in [7, 11) is -4.06. The van der Waals surface area contributed by atoms with Crippen molar-refractivity contribution in [3.8, 4) is 0 Å². The Bertz CT molecular complexity index is 1300. The molecule has 7 nitrogen and oxygen atoms in total. The van der Waals surface area contributed by atoms with Gasteiger partial charge >= 0.3 is 0 Å². The molecular formula is C29H34IN3O4S. The lowest BCUT2D eigenvalue weighted by Crippen LogP contribution is -2.52. The van der Waals surface area contributed by atoms with Crippen LogP contribution < -0.4 is 9.62 Å². The number of amides is 2. The molecule has 0 heterocycles. The van der Waals surface area contributed by atoms with Gasteiger partial charge in [0.05, 0.1) is 10.6 Å². The van der Waals surface area contributed by atoms with Crippen molar-refractivity contribution in [2.24, 2.45) is 5.92 Å². The first-order chi connectivity index (χ1) is 18.1. The molecule has 0 saturated carbocycles. The minimum Gasteiger partial charge on any atom is -0.354 e. The van der Waals surface area contributed by atoms with Crippen molar-refractivity contribution in [1.29, 1.82) is 0 Å². The fourth-order valence-corrected chi connectivity index (χ4v) is 5.77. The molecular weight excluding hydrogens is 613 g/mol. The summed E-state index contributed by atoms with van der Waals surface area (Å²) in [5, 5.41) is 2.94. The highest BCUT2D eigenvalue weighted by Gasteiger charge is 2.33. The Balaban J connectivity index is 2.01. The largest absolute Gasteiger partial charge is 0.354 e. The summed E-state index contributed by atoms with van der Waals surface area (Å²) in [6.45, 7) is 6.07. The van der Waals surface area contributed by atoms with E-state index in [1.807, 2.05) is 51.1 Å². The van der Waals surface area contributed by atoms with Crippen LogP contribution in [0.4, 0.5) is 5.69 Å². The summed E-state index contributed by atoms with van der Waals surface area (Å²) in [5.41, 5.74) is 1.22. The molecule has 1 atom stereocenters. The highest BCUT2D eigenvalue weighted by atomic mass is 127. The van der Waals surface area contributed by atoms with Crippen LogP contribution in [0.25, 0.3) is 0 Å². The Morgan fingerprint density at radius 1 is 0.895 bits per heavy atom. The van der Waals surface area contributed by atoms with Gasteiger partial charge in [0.15, 0.2) is 0 Å². The van der Waals surface area contributed by atoms with Crippen molar-refractivity contribution in [3.63, 3.8) is 0 Å². The van der Waals surface area contributed by atoms with Crippen molar-refractivity contribution in [2.45, 2.75) is 44.7 Å². The van der Waals surface area contributed by atoms with Crippen molar-refractivity contribution in [3.05, 3.63) is 94.1 Å². The molecule has 2 amide bonds. The highest BCUT2D eigenvalue weighted by Crippen LogP contribution is 2.25. The van der Waals surface area contributed by atoms with E-state index in [1.165, 1.54) is 17.0 Å². The first-order valence-electron chi connectivity index (χ1n) is 12.6. The fraction of sp³-hybridized carbons (Fsp3) is 0.310. The van der Waals surface area contributed by atoms with Crippen molar-refractivity contribution in [2.75, 3.05) is 17.4 Å². The van der Waals surface area contributed by atoms with Gasteiger partial charge in [0, 0.05) is 16.7 Å². The second-order valence-electron chi connectivity index (χ2n) is 9.37. The summed E-state index contributed by atoms with van der Waals surface area (Å²) >= 11 is 2.15. The van der Waals surface area contributed by atoms with E-state index in [1.54, 1.807) is 42.5 Å². The highest BCUT2D eigenvalue weighted by molar-refractivity contribution is 14.1. The van der Waals surface area contributed by atoms with Gasteiger partial charge in [-0.25, -0.2) is 8.42 Å². The van der Waals surface area contributed by atoms with E-state index >= 15 is 0 Å². The molecule has 38 heavy (non-hydrogen) atoms. The number of anilines is 1. The van der Waals surface area contributed by atoms with Gasteiger partial charge in [0.1, 0.15) is 12.6 Å². The molecule has 3 rings (SSSR count). The summed E-state index contributed by atoms with van der Waals surface area (Å²) in [6, 6.07) is 23.7. The van der Waals surface area contributed by atoms with Crippen LogP contribution in [-0.4, -0.2) is 44.3 Å². The summed E-state index contributed by atoms with van der Waals surface area (Å²) in [5.74, 6) is -0.460. The molecule has 0 fully saturated rings. The minimum atomic E-state index is -4.06. The Kier molecular flexibility index (Phi) is 10.7. The molecule has 0 aliphatic carbocycles. The normalized spacial score (nSPS) is 12.1. The standard InChI is InChI=1S/C29H34IN3O4S/c1-4-27(29(35)31-19-22(2)3)32(20-23-11-7-5-8-12-23)28(34)21-33(25-17-15-24(30)16-18-25)38(36,37)26-13-9-6-10-14-26/h5-18,22,27H,4,19-21H2,1-3H3,(H,31,35)/t27-/m0/s1. The number of carbonyl (C=O) groups is 2. The lowest BCUT2D eigenvalue weighted by Gasteiger charge is -2.33. The number of sulfonamides is 1. The van der Waals surface area contributed by atoms with E-state index in [4.69, 9.17) is 0 Å². The maximum absolute atomic E-state index is 14.0. The number of benzene rings is 3. The first kappa shape index (κ1) is 29.6. The first-order valence-corrected chi connectivity index (χ1v) is 15.1. The number of nitrogens with zero attached hydrogens (tertiary/aromatic N) is 2. The number of hydrogen-bond donors (Lipinski definition) is 1. The summed E-state index contributed by atoms with van der Waals surface area (Å²) in [6.07, 6.45) is 0.386. The Hall–Kier alpha value is -2.92. The van der Waals surface area contributed by atoms with Crippen LogP contribution in [0.2, 0.25) is 0 Å². The molecule has 202 valence electrons. The number of halogens is 1. The Morgan fingerprint density at radius 2 is 1.47 bits per heavy atom. The third-order valence-electron chi connectivity index (χ3n) is 5.99. The number of carbonyl (C=O) groups excluding carboxylic acids is 2. The molecule has 9 heteroatoms. The van der Waals surface area contributed by atoms with Gasteiger partial charge in [0.2, 0.25) is 11.8 Å². The zero-order chi connectivity index (χ0) is 27.7. The SMILES string of the molecule is CC[C@@H](C(=O)NCC(C)C)N(Cc1ccccc1)C(=O)CN(c1ccc(I)cc1)S(=O)(=O)c1ccccc1. The zero-order valence-corrected chi connectivity index (χ0v) is 24.9. The minimum absolute atomic E-state index is 0.0858. The lowest BCUT2D eigenvalue weighted by atomic mass is 10.1. The van der Waals surface area contributed by atoms with Crippen LogP contribution in [0.3, 0.4) is 0 Å². The predicted molar refractivity (Wildman–Crippen MR) is 159 cm³/mol. The van der Waals surface area contributed by atoms with E-state index in [0.717, 1.165) is 13.4 Å². The number of rotatable bonds is 12. The zero-order valence-electron chi connectivity index (χ0n) is 21.9. The number of nitrogens with one attached hydrogen (secondary N) is 1. The quantitative estimate of drug-likeness (QED) is 0.279. The third kappa shape index (κ3) is 7.80. The van der Waals surface area contributed by atoms with Gasteiger partial charge in [-0.3, -0.25) is 13.9 Å². The van der Waals surface area contributed by atoms with Crippen LogP contribution in [-0.2, 0) is 26.2 Å². The van der Waals surface area contributed by atoms with Crippen molar-refractivity contribution < 1.29 is 18.0 Å². The molecule has 0 aromatic heterocycles. The van der Waals surface area contributed by atoms with Crippen LogP contribution >= 0.6 is 22.6 Å². The maximum Gasteiger partial charge on any atom is 0.264 e. The summed E-state index contributed by atoms with van der Waals surface area (Å²) < 4.78 is 29.6. The van der Waals surface area contributed by atoms with Gasteiger partial charge in [-0.05, 0) is 76.9 Å². The summed E-state index contributed by atoms with van der Waals surface area (Å²) in [4.78, 5) is 28.7. The Morgan fingerprint density at radius 3 is 2.03 bits per heavy atom. The average molecular weight is 648 g/mol. The predicted octanol–water partition coefficient (Wildman–Crippen LogP) is 5.07. The average Bonchev–Trinajstić information content (AvgIpc) is 2.92. The molecule has 0 radical (unpaired) electrons. The molecule has 0 aliphatic rings. The fourth-order valence-electron chi connectivity index (χ4n) is 3.98.